The minimum absolute atomic E-state index is 0.131. The van der Waals surface area contributed by atoms with Crippen molar-refractivity contribution in [3.8, 4) is 5.75 Å². The molecule has 6 nitrogen and oxygen atoms in total. The summed E-state index contributed by atoms with van der Waals surface area (Å²) in [5.74, 6) is 0.243. The second-order valence-corrected chi connectivity index (χ2v) is 9.51. The van der Waals surface area contributed by atoms with Gasteiger partial charge in [-0.05, 0) is 56.2 Å². The Labute approximate surface area is 189 Å². The third-order valence-corrected chi connectivity index (χ3v) is 7.01. The Morgan fingerprint density at radius 3 is 2.34 bits per heavy atom. The summed E-state index contributed by atoms with van der Waals surface area (Å²) in [5.41, 5.74) is 2.96. The van der Waals surface area contributed by atoms with E-state index < -0.39 is 15.9 Å². The number of amides is 1. The van der Waals surface area contributed by atoms with E-state index in [1.165, 1.54) is 16.4 Å². The highest BCUT2D eigenvalue weighted by atomic mass is 32.2. The van der Waals surface area contributed by atoms with E-state index in [-0.39, 0.29) is 17.5 Å². The van der Waals surface area contributed by atoms with Crippen LogP contribution in [-0.2, 0) is 14.8 Å². The Morgan fingerprint density at radius 2 is 1.66 bits per heavy atom. The molecular weight excluding hydrogens is 424 g/mol. The monoisotopic (exact) mass is 452 g/mol. The predicted octanol–water partition coefficient (Wildman–Crippen LogP) is 4.38. The fraction of sp³-hybridized carbons (Fsp3) is 0.240. The average Bonchev–Trinajstić information content (AvgIpc) is 2.79. The SMILES string of the molecule is COc1ccccc1[C@H](C)NC(=O)CN(c1cc(C)ccc1C)S(=O)(=O)c1ccccc1. The number of ether oxygens (including phenoxy) is 1. The Hall–Kier alpha value is -3.32. The summed E-state index contributed by atoms with van der Waals surface area (Å²) in [6.45, 7) is 5.21. The van der Waals surface area contributed by atoms with Crippen molar-refractivity contribution in [2.24, 2.45) is 0 Å². The number of anilines is 1. The lowest BCUT2D eigenvalue weighted by Gasteiger charge is -2.27. The molecule has 0 radical (unpaired) electrons. The topological polar surface area (TPSA) is 75.7 Å². The van der Waals surface area contributed by atoms with Gasteiger partial charge in [0.2, 0.25) is 5.91 Å². The van der Waals surface area contributed by atoms with Gasteiger partial charge in [0.05, 0.1) is 23.7 Å². The molecular formula is C25H28N2O4S. The molecule has 0 aliphatic rings. The standard InChI is InChI=1S/C25H28N2O4S/c1-18-14-15-19(2)23(16-18)27(32(29,30)21-10-6-5-7-11-21)17-25(28)26-20(3)22-12-8-9-13-24(22)31-4/h5-16,20H,17H2,1-4H3,(H,26,28)/t20-/m0/s1. The van der Waals surface area contributed by atoms with Crippen molar-refractivity contribution in [3.05, 3.63) is 89.5 Å². The van der Waals surface area contributed by atoms with Gasteiger partial charge in [-0.15, -0.1) is 0 Å². The number of nitrogens with zero attached hydrogens (tertiary/aromatic N) is 1. The number of rotatable bonds is 8. The van der Waals surface area contributed by atoms with Gasteiger partial charge >= 0.3 is 0 Å². The van der Waals surface area contributed by atoms with Crippen molar-refractivity contribution in [1.29, 1.82) is 0 Å². The molecule has 0 unspecified atom stereocenters. The van der Waals surface area contributed by atoms with Crippen LogP contribution in [0.1, 0.15) is 29.7 Å². The highest BCUT2D eigenvalue weighted by Crippen LogP contribution is 2.28. The minimum Gasteiger partial charge on any atom is -0.496 e. The number of hydrogen-bond acceptors (Lipinski definition) is 4. The molecule has 32 heavy (non-hydrogen) atoms. The highest BCUT2D eigenvalue weighted by Gasteiger charge is 2.29. The van der Waals surface area contributed by atoms with Crippen LogP contribution >= 0.6 is 0 Å². The van der Waals surface area contributed by atoms with Gasteiger partial charge in [-0.1, -0.05) is 48.5 Å². The largest absolute Gasteiger partial charge is 0.496 e. The minimum atomic E-state index is -3.95. The molecule has 0 aromatic heterocycles. The first-order valence-electron chi connectivity index (χ1n) is 10.3. The van der Waals surface area contributed by atoms with Gasteiger partial charge in [0.1, 0.15) is 12.3 Å². The Balaban J connectivity index is 1.94. The van der Waals surface area contributed by atoms with Crippen molar-refractivity contribution in [2.75, 3.05) is 18.0 Å². The summed E-state index contributed by atoms with van der Waals surface area (Å²) >= 11 is 0. The van der Waals surface area contributed by atoms with Crippen molar-refractivity contribution in [1.82, 2.24) is 5.32 Å². The molecule has 0 fully saturated rings. The zero-order valence-electron chi connectivity index (χ0n) is 18.7. The van der Waals surface area contributed by atoms with E-state index in [1.807, 2.05) is 57.2 Å². The van der Waals surface area contributed by atoms with E-state index in [2.05, 4.69) is 5.32 Å². The summed E-state index contributed by atoms with van der Waals surface area (Å²) in [6.07, 6.45) is 0. The van der Waals surface area contributed by atoms with Crippen molar-refractivity contribution < 1.29 is 17.9 Å². The van der Waals surface area contributed by atoms with Crippen LogP contribution in [0.25, 0.3) is 0 Å². The van der Waals surface area contributed by atoms with E-state index >= 15 is 0 Å². The molecule has 1 atom stereocenters. The lowest BCUT2D eigenvalue weighted by atomic mass is 10.1. The van der Waals surface area contributed by atoms with Gasteiger partial charge in [0.25, 0.3) is 10.0 Å². The molecule has 1 N–H and O–H groups in total. The third kappa shape index (κ3) is 5.11. The van der Waals surface area contributed by atoms with Crippen LogP contribution in [-0.4, -0.2) is 28.0 Å². The van der Waals surface area contributed by atoms with Crippen molar-refractivity contribution in [2.45, 2.75) is 31.7 Å². The van der Waals surface area contributed by atoms with Crippen LogP contribution in [0.15, 0.2) is 77.7 Å². The smallest absolute Gasteiger partial charge is 0.264 e. The molecule has 0 heterocycles. The summed E-state index contributed by atoms with van der Waals surface area (Å²) < 4.78 is 33.6. The molecule has 1 amide bonds. The number of carbonyl (C=O) groups excluding carboxylic acids is 1. The van der Waals surface area contributed by atoms with Crippen LogP contribution in [0, 0.1) is 13.8 Å². The molecule has 3 aromatic carbocycles. The second kappa shape index (κ2) is 9.87. The first kappa shape index (κ1) is 23.3. The number of benzene rings is 3. The van der Waals surface area contributed by atoms with E-state index in [4.69, 9.17) is 4.74 Å². The second-order valence-electron chi connectivity index (χ2n) is 7.65. The Morgan fingerprint density at radius 1 is 1.00 bits per heavy atom. The van der Waals surface area contributed by atoms with Gasteiger partial charge < -0.3 is 10.1 Å². The van der Waals surface area contributed by atoms with E-state index in [1.54, 1.807) is 31.4 Å². The third-order valence-electron chi connectivity index (χ3n) is 5.23. The van der Waals surface area contributed by atoms with Crippen LogP contribution in [0.2, 0.25) is 0 Å². The van der Waals surface area contributed by atoms with E-state index in [9.17, 15) is 13.2 Å². The molecule has 0 bridgehead atoms. The zero-order chi connectivity index (χ0) is 23.3. The van der Waals surface area contributed by atoms with Crippen molar-refractivity contribution in [3.63, 3.8) is 0 Å². The molecule has 0 aliphatic heterocycles. The maximum Gasteiger partial charge on any atom is 0.264 e. The maximum absolute atomic E-state index is 13.5. The van der Waals surface area contributed by atoms with Gasteiger partial charge in [-0.2, -0.15) is 0 Å². The van der Waals surface area contributed by atoms with E-state index in [0.29, 0.717) is 11.4 Å². The number of para-hydroxylation sites is 1. The quantitative estimate of drug-likeness (QED) is 0.550. The first-order chi connectivity index (χ1) is 15.2. The average molecular weight is 453 g/mol. The lowest BCUT2D eigenvalue weighted by Crippen LogP contribution is -2.42. The predicted molar refractivity (Wildman–Crippen MR) is 126 cm³/mol. The Kier molecular flexibility index (Phi) is 7.20. The van der Waals surface area contributed by atoms with Crippen LogP contribution in [0.5, 0.6) is 5.75 Å². The zero-order valence-corrected chi connectivity index (χ0v) is 19.5. The van der Waals surface area contributed by atoms with Gasteiger partial charge in [-0.25, -0.2) is 8.42 Å². The normalized spacial score (nSPS) is 12.1. The van der Waals surface area contributed by atoms with E-state index in [0.717, 1.165) is 16.7 Å². The van der Waals surface area contributed by atoms with Gasteiger partial charge in [-0.3, -0.25) is 9.10 Å². The van der Waals surface area contributed by atoms with Gasteiger partial charge in [0.15, 0.2) is 0 Å². The number of hydrogen-bond donors (Lipinski definition) is 1. The van der Waals surface area contributed by atoms with Crippen molar-refractivity contribution >= 4 is 21.6 Å². The fourth-order valence-electron chi connectivity index (χ4n) is 3.53. The molecule has 0 saturated heterocycles. The summed E-state index contributed by atoms with van der Waals surface area (Å²) in [4.78, 5) is 13.2. The summed E-state index contributed by atoms with van der Waals surface area (Å²) in [7, 11) is -2.38. The lowest BCUT2D eigenvalue weighted by molar-refractivity contribution is -0.120. The van der Waals surface area contributed by atoms with Crippen LogP contribution in [0.3, 0.4) is 0 Å². The molecule has 7 heteroatoms. The molecule has 3 rings (SSSR count). The van der Waals surface area contributed by atoms with Gasteiger partial charge in [0, 0.05) is 5.56 Å². The number of methoxy groups -OCH3 is 1. The number of sulfonamides is 1. The molecule has 0 saturated carbocycles. The number of aryl methyl sites for hydroxylation is 2. The Bertz CT molecular complexity index is 1190. The highest BCUT2D eigenvalue weighted by molar-refractivity contribution is 7.92. The number of carbonyl (C=O) groups is 1. The summed E-state index contributed by atoms with van der Waals surface area (Å²) in [6, 6.07) is 20.7. The molecule has 0 aliphatic carbocycles. The van der Waals surface area contributed by atoms with Crippen LogP contribution < -0.4 is 14.4 Å². The summed E-state index contributed by atoms with van der Waals surface area (Å²) in [5, 5.41) is 2.90. The molecule has 3 aromatic rings. The van der Waals surface area contributed by atoms with Crippen LogP contribution in [0.4, 0.5) is 5.69 Å². The maximum atomic E-state index is 13.5. The molecule has 168 valence electrons. The fourth-order valence-corrected chi connectivity index (χ4v) is 5.03. The number of nitrogens with one attached hydrogen (secondary N) is 1. The molecule has 0 spiro atoms. The first-order valence-corrected chi connectivity index (χ1v) is 11.8.